The van der Waals surface area contributed by atoms with Crippen molar-refractivity contribution in [2.45, 2.75) is 25.8 Å². The summed E-state index contributed by atoms with van der Waals surface area (Å²) in [6.45, 7) is 0.386. The van der Waals surface area contributed by atoms with Crippen LogP contribution in [-0.2, 0) is 26.4 Å². The van der Waals surface area contributed by atoms with E-state index in [0.29, 0.717) is 13.0 Å². The minimum atomic E-state index is -0.131. The minimum absolute atomic E-state index is 0.131. The second kappa shape index (κ2) is 9.34. The molecule has 1 aromatic heterocycles. The van der Waals surface area contributed by atoms with Crippen molar-refractivity contribution < 1.29 is 9.84 Å². The Labute approximate surface area is 181 Å². The van der Waals surface area contributed by atoms with Crippen LogP contribution in [0.3, 0.4) is 0 Å². The number of para-hydroxylation sites is 1. The Balaban J connectivity index is 1.41. The van der Waals surface area contributed by atoms with Crippen LogP contribution < -0.4 is 10.4 Å². The minimum Gasteiger partial charge on any atom is -0.508 e. The van der Waals surface area contributed by atoms with E-state index in [-0.39, 0.29) is 11.4 Å². The summed E-state index contributed by atoms with van der Waals surface area (Å²) in [7, 11) is 1.76. The first kappa shape index (κ1) is 20.5. The zero-order valence-corrected chi connectivity index (χ0v) is 17.4. The highest BCUT2D eigenvalue weighted by molar-refractivity contribution is 5.34. The summed E-state index contributed by atoms with van der Waals surface area (Å²) in [6.07, 6.45) is 2.44. The summed E-state index contributed by atoms with van der Waals surface area (Å²) in [6, 6.07) is 24.5. The van der Waals surface area contributed by atoms with Gasteiger partial charge in [-0.1, -0.05) is 42.5 Å². The summed E-state index contributed by atoms with van der Waals surface area (Å²) in [5.74, 6) is 2.52. The number of hydrogen-bond donors (Lipinski definition) is 1. The van der Waals surface area contributed by atoms with Gasteiger partial charge in [0.1, 0.15) is 23.1 Å². The van der Waals surface area contributed by atoms with Crippen LogP contribution in [0.2, 0.25) is 0 Å². The van der Waals surface area contributed by atoms with E-state index in [1.807, 2.05) is 66.7 Å². The van der Waals surface area contributed by atoms with E-state index in [2.05, 4.69) is 5.10 Å². The van der Waals surface area contributed by atoms with Crippen LogP contribution in [0.25, 0.3) is 0 Å². The molecule has 31 heavy (non-hydrogen) atoms. The molecule has 0 amide bonds. The van der Waals surface area contributed by atoms with Crippen LogP contribution in [0, 0.1) is 0 Å². The molecule has 0 aliphatic rings. The molecule has 1 heterocycles. The molecule has 0 aliphatic heterocycles. The molecule has 0 atom stereocenters. The summed E-state index contributed by atoms with van der Waals surface area (Å²) in [4.78, 5) is 12.6. The molecule has 0 spiro atoms. The summed E-state index contributed by atoms with van der Waals surface area (Å²) in [5.41, 5.74) is 1.97. The van der Waals surface area contributed by atoms with Gasteiger partial charge in [0.25, 0.3) is 0 Å². The molecule has 0 aliphatic carbocycles. The number of nitrogens with zero attached hydrogens (tertiary/aromatic N) is 3. The van der Waals surface area contributed by atoms with Gasteiger partial charge in [-0.25, -0.2) is 9.48 Å². The van der Waals surface area contributed by atoms with Crippen LogP contribution in [0.4, 0.5) is 0 Å². The van der Waals surface area contributed by atoms with Gasteiger partial charge in [-0.2, -0.15) is 5.10 Å². The summed E-state index contributed by atoms with van der Waals surface area (Å²) < 4.78 is 9.00. The van der Waals surface area contributed by atoms with Crippen molar-refractivity contribution >= 4 is 0 Å². The number of phenols is 1. The number of benzene rings is 3. The van der Waals surface area contributed by atoms with Crippen molar-refractivity contribution in [2.24, 2.45) is 7.05 Å². The molecular weight excluding hydrogens is 390 g/mol. The monoisotopic (exact) mass is 415 g/mol. The number of rotatable bonds is 8. The Morgan fingerprint density at radius 1 is 0.871 bits per heavy atom. The van der Waals surface area contributed by atoms with Gasteiger partial charge in [-0.15, -0.1) is 0 Å². The number of hydrogen-bond acceptors (Lipinski definition) is 4. The predicted octanol–water partition coefficient (Wildman–Crippen LogP) is 4.30. The third-order valence-corrected chi connectivity index (χ3v) is 5.14. The maximum Gasteiger partial charge on any atom is 0.345 e. The highest BCUT2D eigenvalue weighted by Crippen LogP contribution is 2.22. The highest BCUT2D eigenvalue weighted by atomic mass is 16.5. The van der Waals surface area contributed by atoms with E-state index < -0.39 is 0 Å². The Bertz CT molecular complexity index is 1190. The Hall–Kier alpha value is -3.80. The molecule has 4 rings (SSSR count). The van der Waals surface area contributed by atoms with Crippen molar-refractivity contribution in [1.82, 2.24) is 14.3 Å². The van der Waals surface area contributed by atoms with Crippen molar-refractivity contribution in [2.75, 3.05) is 0 Å². The van der Waals surface area contributed by atoms with Gasteiger partial charge >= 0.3 is 5.69 Å². The quantitative estimate of drug-likeness (QED) is 0.466. The molecule has 3 aromatic carbocycles. The smallest absolute Gasteiger partial charge is 0.345 e. The lowest BCUT2D eigenvalue weighted by Crippen LogP contribution is -2.23. The second-order valence-electron chi connectivity index (χ2n) is 7.50. The number of phenolic OH excluding ortho intramolecular Hbond substituents is 1. The molecule has 0 bridgehead atoms. The van der Waals surface area contributed by atoms with E-state index in [1.54, 1.807) is 23.7 Å². The normalized spacial score (nSPS) is 10.9. The number of ether oxygens (including phenoxy) is 1. The van der Waals surface area contributed by atoms with Crippen LogP contribution >= 0.6 is 0 Å². The Morgan fingerprint density at radius 3 is 2.39 bits per heavy atom. The van der Waals surface area contributed by atoms with Crippen LogP contribution in [0.5, 0.6) is 17.2 Å². The standard InChI is InChI=1S/C25H25N3O3/c1-27-24(12-6-7-19-13-15-21(29)16-14-19)26-28(25(27)30)18-20-8-5-11-23(17-20)31-22-9-3-2-4-10-22/h2-5,8-11,13-17,29H,6-7,12,18H2,1H3. The maximum absolute atomic E-state index is 12.6. The van der Waals surface area contributed by atoms with Crippen molar-refractivity contribution in [1.29, 1.82) is 0 Å². The highest BCUT2D eigenvalue weighted by Gasteiger charge is 2.11. The Morgan fingerprint density at radius 2 is 1.61 bits per heavy atom. The first-order valence-electron chi connectivity index (χ1n) is 10.3. The fraction of sp³-hybridized carbons (Fsp3) is 0.200. The maximum atomic E-state index is 12.6. The topological polar surface area (TPSA) is 69.3 Å². The molecule has 4 aromatic rings. The van der Waals surface area contributed by atoms with E-state index in [9.17, 15) is 9.90 Å². The zero-order valence-electron chi connectivity index (χ0n) is 17.4. The van der Waals surface area contributed by atoms with E-state index in [0.717, 1.165) is 41.3 Å². The van der Waals surface area contributed by atoms with E-state index in [1.165, 1.54) is 4.68 Å². The molecule has 6 nitrogen and oxygen atoms in total. The third-order valence-electron chi connectivity index (χ3n) is 5.14. The molecule has 0 radical (unpaired) electrons. The molecule has 158 valence electrons. The lowest BCUT2D eigenvalue weighted by molar-refractivity contribution is 0.475. The van der Waals surface area contributed by atoms with Gasteiger partial charge in [-0.3, -0.25) is 4.57 Å². The molecule has 0 saturated carbocycles. The predicted molar refractivity (Wildman–Crippen MR) is 120 cm³/mol. The van der Waals surface area contributed by atoms with Gasteiger partial charge in [0, 0.05) is 13.5 Å². The molecule has 0 fully saturated rings. The van der Waals surface area contributed by atoms with Crippen molar-refractivity contribution in [3.8, 4) is 17.2 Å². The van der Waals surface area contributed by atoms with Crippen molar-refractivity contribution in [3.63, 3.8) is 0 Å². The van der Waals surface area contributed by atoms with E-state index in [4.69, 9.17) is 4.74 Å². The Kier molecular flexibility index (Phi) is 6.17. The summed E-state index contributed by atoms with van der Waals surface area (Å²) in [5, 5.41) is 13.9. The molecule has 0 unspecified atom stereocenters. The van der Waals surface area contributed by atoms with Crippen LogP contribution in [0.15, 0.2) is 83.7 Å². The van der Waals surface area contributed by atoms with Crippen molar-refractivity contribution in [3.05, 3.63) is 106 Å². The number of aromatic hydroxyl groups is 1. The van der Waals surface area contributed by atoms with Gasteiger partial charge in [0.15, 0.2) is 0 Å². The summed E-state index contributed by atoms with van der Waals surface area (Å²) >= 11 is 0. The zero-order chi connectivity index (χ0) is 21.6. The fourth-order valence-electron chi connectivity index (χ4n) is 3.47. The largest absolute Gasteiger partial charge is 0.508 e. The van der Waals surface area contributed by atoms with Gasteiger partial charge in [-0.05, 0) is 60.4 Å². The van der Waals surface area contributed by atoms with Gasteiger partial charge in [0.2, 0.25) is 0 Å². The SMILES string of the molecule is Cn1c(CCCc2ccc(O)cc2)nn(Cc2cccc(Oc3ccccc3)c2)c1=O. The lowest BCUT2D eigenvalue weighted by Gasteiger charge is -2.07. The van der Waals surface area contributed by atoms with E-state index >= 15 is 0 Å². The molecule has 1 N–H and O–H groups in total. The van der Waals surface area contributed by atoms with Gasteiger partial charge < -0.3 is 9.84 Å². The van der Waals surface area contributed by atoms with Gasteiger partial charge in [0.05, 0.1) is 6.54 Å². The van der Waals surface area contributed by atoms with Crippen LogP contribution in [0.1, 0.15) is 23.4 Å². The first-order chi connectivity index (χ1) is 15.1. The molecule has 6 heteroatoms. The van der Waals surface area contributed by atoms with Crippen LogP contribution in [-0.4, -0.2) is 19.5 Å². The number of aryl methyl sites for hydroxylation is 2. The fourth-order valence-corrected chi connectivity index (χ4v) is 3.47. The lowest BCUT2D eigenvalue weighted by atomic mass is 10.1. The third kappa shape index (κ3) is 5.22. The average molecular weight is 415 g/mol. The average Bonchev–Trinajstić information content (AvgIpc) is 3.04. The molecular formula is C25H25N3O3. The molecule has 0 saturated heterocycles. The first-order valence-corrected chi connectivity index (χ1v) is 10.3. The number of aromatic nitrogens is 3. The second-order valence-corrected chi connectivity index (χ2v) is 7.50.